The molecule has 0 saturated heterocycles. The number of nitrogens with one attached hydrogen (secondary N) is 1. The van der Waals surface area contributed by atoms with Crippen molar-refractivity contribution in [1.82, 2.24) is 5.32 Å². The minimum absolute atomic E-state index is 0.241. The highest BCUT2D eigenvalue weighted by molar-refractivity contribution is 7.91. The van der Waals surface area contributed by atoms with Crippen molar-refractivity contribution in [3.63, 3.8) is 0 Å². The molecule has 1 N–H and O–H groups in total. The summed E-state index contributed by atoms with van der Waals surface area (Å²) in [5.41, 5.74) is 0. The number of sulfone groups is 1. The van der Waals surface area contributed by atoms with E-state index in [2.05, 4.69) is 12.2 Å². The van der Waals surface area contributed by atoms with Crippen LogP contribution in [0.1, 0.15) is 40.0 Å². The predicted molar refractivity (Wildman–Crippen MR) is 65.9 cm³/mol. The molecule has 0 aliphatic heterocycles. The van der Waals surface area contributed by atoms with E-state index in [0.29, 0.717) is 11.7 Å². The highest BCUT2D eigenvalue weighted by Gasteiger charge is 2.18. The lowest BCUT2D eigenvalue weighted by Gasteiger charge is -2.16. The maximum absolute atomic E-state index is 11.6. The van der Waals surface area contributed by atoms with Gasteiger partial charge in [-0.15, -0.1) is 0 Å². The van der Waals surface area contributed by atoms with E-state index in [1.807, 2.05) is 7.05 Å². The summed E-state index contributed by atoms with van der Waals surface area (Å²) < 4.78 is 23.2. The molecule has 0 radical (unpaired) electrons. The van der Waals surface area contributed by atoms with Gasteiger partial charge in [0.05, 0.1) is 11.0 Å². The SMILES string of the molecule is CCCC(CCS(=O)(=O)C(C)C)CNC. The molecule has 0 aromatic heterocycles. The second-order valence-electron chi connectivity index (χ2n) is 4.42. The molecule has 0 fully saturated rings. The molecule has 0 heterocycles. The molecule has 0 aromatic carbocycles. The molecule has 4 heteroatoms. The fourth-order valence-electron chi connectivity index (χ4n) is 1.61. The minimum atomic E-state index is -2.86. The topological polar surface area (TPSA) is 46.2 Å². The molecule has 0 spiro atoms. The van der Waals surface area contributed by atoms with Crippen LogP contribution >= 0.6 is 0 Å². The van der Waals surface area contributed by atoms with Gasteiger partial charge in [-0.05, 0) is 46.2 Å². The van der Waals surface area contributed by atoms with E-state index >= 15 is 0 Å². The summed E-state index contributed by atoms with van der Waals surface area (Å²) in [6.07, 6.45) is 3.01. The molecule has 0 rings (SSSR count). The summed E-state index contributed by atoms with van der Waals surface area (Å²) in [6, 6.07) is 0. The summed E-state index contributed by atoms with van der Waals surface area (Å²) in [7, 11) is -0.941. The zero-order valence-corrected chi connectivity index (χ0v) is 11.2. The maximum Gasteiger partial charge on any atom is 0.152 e. The van der Waals surface area contributed by atoms with Crippen LogP contribution in [0.15, 0.2) is 0 Å². The minimum Gasteiger partial charge on any atom is -0.319 e. The summed E-state index contributed by atoms with van der Waals surface area (Å²) in [5.74, 6) is 0.824. The average molecular weight is 235 g/mol. The van der Waals surface area contributed by atoms with Crippen molar-refractivity contribution < 1.29 is 8.42 Å². The van der Waals surface area contributed by atoms with Crippen LogP contribution in [0.5, 0.6) is 0 Å². The lowest BCUT2D eigenvalue weighted by molar-refractivity contribution is 0.443. The van der Waals surface area contributed by atoms with Crippen LogP contribution in [0, 0.1) is 5.92 Å². The van der Waals surface area contributed by atoms with Crippen molar-refractivity contribution in [1.29, 1.82) is 0 Å². The summed E-state index contributed by atoms with van der Waals surface area (Å²) in [4.78, 5) is 0. The Hall–Kier alpha value is -0.0900. The Kier molecular flexibility index (Phi) is 7.18. The molecule has 92 valence electrons. The van der Waals surface area contributed by atoms with Gasteiger partial charge in [0.2, 0.25) is 0 Å². The van der Waals surface area contributed by atoms with Gasteiger partial charge in [-0.3, -0.25) is 0 Å². The Morgan fingerprint density at radius 3 is 2.20 bits per heavy atom. The molecule has 0 aromatic rings. The molecule has 0 saturated carbocycles. The summed E-state index contributed by atoms with van der Waals surface area (Å²) in [6.45, 7) is 6.56. The van der Waals surface area contributed by atoms with Crippen LogP contribution in [-0.2, 0) is 9.84 Å². The van der Waals surface area contributed by atoms with E-state index in [9.17, 15) is 8.42 Å². The average Bonchev–Trinajstić information content (AvgIpc) is 2.15. The smallest absolute Gasteiger partial charge is 0.152 e. The van der Waals surface area contributed by atoms with Gasteiger partial charge in [-0.1, -0.05) is 13.3 Å². The largest absolute Gasteiger partial charge is 0.319 e. The second-order valence-corrected chi connectivity index (χ2v) is 7.09. The monoisotopic (exact) mass is 235 g/mol. The third-order valence-electron chi connectivity index (χ3n) is 2.72. The third-order valence-corrected chi connectivity index (χ3v) is 4.96. The number of hydrogen-bond donors (Lipinski definition) is 1. The summed E-state index contributed by atoms with van der Waals surface area (Å²) in [5, 5.41) is 2.88. The predicted octanol–water partition coefficient (Wildman–Crippen LogP) is 1.84. The Balaban J connectivity index is 4.09. The van der Waals surface area contributed by atoms with Gasteiger partial charge in [-0.2, -0.15) is 0 Å². The normalized spacial score (nSPS) is 14.5. The van der Waals surface area contributed by atoms with Gasteiger partial charge >= 0.3 is 0 Å². The van der Waals surface area contributed by atoms with Crippen LogP contribution in [0.25, 0.3) is 0 Å². The lowest BCUT2D eigenvalue weighted by atomic mass is 10.0. The molecule has 3 nitrogen and oxygen atoms in total. The van der Waals surface area contributed by atoms with Crippen molar-refractivity contribution >= 4 is 9.84 Å². The standard InChI is InChI=1S/C11H25NO2S/c1-5-6-11(9-12-4)7-8-15(13,14)10(2)3/h10-12H,5-9H2,1-4H3. The van der Waals surface area contributed by atoms with E-state index in [4.69, 9.17) is 0 Å². The summed E-state index contributed by atoms with van der Waals surface area (Å²) >= 11 is 0. The molecule has 1 unspecified atom stereocenters. The Labute approximate surface area is 94.6 Å². The van der Waals surface area contributed by atoms with Crippen LogP contribution in [0.3, 0.4) is 0 Å². The molecule has 0 aliphatic carbocycles. The zero-order chi connectivity index (χ0) is 11.9. The molecule has 0 amide bonds. The first kappa shape index (κ1) is 14.9. The van der Waals surface area contributed by atoms with Gasteiger partial charge in [0.25, 0.3) is 0 Å². The van der Waals surface area contributed by atoms with Gasteiger partial charge in [0.15, 0.2) is 9.84 Å². The van der Waals surface area contributed by atoms with Crippen LogP contribution in [0.4, 0.5) is 0 Å². The van der Waals surface area contributed by atoms with E-state index < -0.39 is 9.84 Å². The van der Waals surface area contributed by atoms with E-state index in [0.717, 1.165) is 25.8 Å². The van der Waals surface area contributed by atoms with Crippen LogP contribution in [-0.4, -0.2) is 33.0 Å². The van der Waals surface area contributed by atoms with Crippen molar-refractivity contribution in [3.8, 4) is 0 Å². The van der Waals surface area contributed by atoms with Crippen LogP contribution in [0.2, 0.25) is 0 Å². The molecular formula is C11H25NO2S. The van der Waals surface area contributed by atoms with E-state index in [1.165, 1.54) is 0 Å². The fraction of sp³-hybridized carbons (Fsp3) is 1.00. The first-order chi connectivity index (χ1) is 6.94. The second kappa shape index (κ2) is 7.23. The van der Waals surface area contributed by atoms with Gasteiger partial charge in [0, 0.05) is 0 Å². The van der Waals surface area contributed by atoms with Crippen molar-refractivity contribution in [2.45, 2.75) is 45.3 Å². The van der Waals surface area contributed by atoms with Crippen molar-refractivity contribution in [3.05, 3.63) is 0 Å². The molecule has 1 atom stereocenters. The Morgan fingerprint density at radius 1 is 1.20 bits per heavy atom. The van der Waals surface area contributed by atoms with Gasteiger partial charge < -0.3 is 5.32 Å². The van der Waals surface area contributed by atoms with Gasteiger partial charge in [-0.25, -0.2) is 8.42 Å². The highest BCUT2D eigenvalue weighted by atomic mass is 32.2. The quantitative estimate of drug-likeness (QED) is 0.698. The molecule has 0 aliphatic rings. The van der Waals surface area contributed by atoms with E-state index in [1.54, 1.807) is 13.8 Å². The zero-order valence-electron chi connectivity index (χ0n) is 10.4. The third kappa shape index (κ3) is 6.15. The Morgan fingerprint density at radius 2 is 1.80 bits per heavy atom. The number of rotatable bonds is 8. The van der Waals surface area contributed by atoms with Crippen molar-refractivity contribution in [2.75, 3.05) is 19.3 Å². The molecule has 15 heavy (non-hydrogen) atoms. The number of hydrogen-bond acceptors (Lipinski definition) is 3. The van der Waals surface area contributed by atoms with Crippen molar-refractivity contribution in [2.24, 2.45) is 5.92 Å². The lowest BCUT2D eigenvalue weighted by Crippen LogP contribution is -2.24. The first-order valence-corrected chi connectivity index (χ1v) is 7.51. The van der Waals surface area contributed by atoms with Crippen LogP contribution < -0.4 is 5.32 Å². The highest BCUT2D eigenvalue weighted by Crippen LogP contribution is 2.13. The first-order valence-electron chi connectivity index (χ1n) is 5.80. The van der Waals surface area contributed by atoms with E-state index in [-0.39, 0.29) is 5.25 Å². The van der Waals surface area contributed by atoms with Gasteiger partial charge in [0.1, 0.15) is 0 Å². The molecule has 0 bridgehead atoms. The Bertz CT molecular complexity index is 241. The fourth-order valence-corrected chi connectivity index (χ4v) is 2.75. The molecular weight excluding hydrogens is 210 g/mol. The maximum atomic E-state index is 11.6.